The summed E-state index contributed by atoms with van der Waals surface area (Å²) in [6.45, 7) is 3.46. The molecular weight excluding hydrogens is 404 g/mol. The minimum atomic E-state index is -1.59. The standard InChI is InChI=1S/C27H33O5/c1-25-14-22(30)24-19(20(25)10-11-27(25,32)23(31)15-28)9-8-17-12-18(29)13-21(26(17,24)2)16-6-4-3-5-7-16/h3-6,12,19-22,24,28,30,32H,8-11,13-15H2,1-2H3/t19-,20-,21?,22-,24+,25-,26+,27-/m0/s1. The summed E-state index contributed by atoms with van der Waals surface area (Å²) in [6, 6.07) is 11.2. The Hall–Kier alpha value is -1.82. The Kier molecular flexibility index (Phi) is 5.05. The minimum absolute atomic E-state index is 0.0534. The first-order valence-corrected chi connectivity index (χ1v) is 11.9. The van der Waals surface area contributed by atoms with E-state index in [0.717, 1.165) is 24.0 Å². The number of fused-ring (bicyclic) bond motifs is 5. The molecule has 4 aliphatic carbocycles. The largest absolute Gasteiger partial charge is 0.393 e. The van der Waals surface area contributed by atoms with Crippen molar-refractivity contribution in [1.29, 1.82) is 0 Å². The van der Waals surface area contributed by atoms with Crippen LogP contribution in [0.15, 0.2) is 35.9 Å². The molecule has 4 aliphatic rings. The van der Waals surface area contributed by atoms with Gasteiger partial charge >= 0.3 is 0 Å². The fourth-order valence-electron chi connectivity index (χ4n) is 8.41. The molecule has 5 rings (SSSR count). The average Bonchev–Trinajstić information content (AvgIpc) is 3.04. The highest BCUT2D eigenvalue weighted by molar-refractivity contribution is 5.93. The van der Waals surface area contributed by atoms with Gasteiger partial charge in [0.25, 0.3) is 0 Å². The lowest BCUT2D eigenvalue weighted by molar-refractivity contribution is -0.183. The molecule has 1 aromatic carbocycles. The Bertz CT molecular complexity index is 970. The van der Waals surface area contributed by atoms with Crippen LogP contribution in [0.25, 0.3) is 0 Å². The van der Waals surface area contributed by atoms with Crippen LogP contribution in [0.5, 0.6) is 0 Å². The molecule has 1 aromatic rings. The predicted octanol–water partition coefficient (Wildman–Crippen LogP) is 2.98. The molecule has 5 nitrogen and oxygen atoms in total. The lowest BCUT2D eigenvalue weighted by atomic mass is 9.43. The van der Waals surface area contributed by atoms with Crippen LogP contribution < -0.4 is 0 Å². The molecule has 0 saturated heterocycles. The fraction of sp³-hybridized carbons (Fsp3) is 0.630. The van der Waals surface area contributed by atoms with Crippen molar-refractivity contribution in [3.8, 4) is 0 Å². The molecule has 3 saturated carbocycles. The van der Waals surface area contributed by atoms with Crippen LogP contribution >= 0.6 is 0 Å². The highest BCUT2D eigenvalue weighted by atomic mass is 16.3. The van der Waals surface area contributed by atoms with E-state index in [1.165, 1.54) is 0 Å². The molecule has 1 radical (unpaired) electrons. The molecule has 1 unspecified atom stereocenters. The van der Waals surface area contributed by atoms with Crippen LogP contribution in [0.3, 0.4) is 0 Å². The number of ketones is 2. The Morgan fingerprint density at radius 3 is 2.72 bits per heavy atom. The molecule has 3 fully saturated rings. The van der Waals surface area contributed by atoms with Crippen LogP contribution in [0, 0.1) is 34.7 Å². The van der Waals surface area contributed by atoms with E-state index < -0.39 is 29.5 Å². The maximum absolute atomic E-state index is 12.7. The third-order valence-corrected chi connectivity index (χ3v) is 9.92. The quantitative estimate of drug-likeness (QED) is 0.676. The van der Waals surface area contributed by atoms with Gasteiger partial charge in [0.1, 0.15) is 12.2 Å². The summed E-state index contributed by atoms with van der Waals surface area (Å²) >= 11 is 0. The van der Waals surface area contributed by atoms with E-state index in [1.807, 2.05) is 37.3 Å². The van der Waals surface area contributed by atoms with Crippen LogP contribution in [0.2, 0.25) is 0 Å². The molecule has 0 amide bonds. The van der Waals surface area contributed by atoms with Crippen molar-refractivity contribution in [3.05, 3.63) is 47.5 Å². The number of aliphatic hydroxyl groups excluding tert-OH is 2. The van der Waals surface area contributed by atoms with Gasteiger partial charge in [-0.05, 0) is 67.6 Å². The van der Waals surface area contributed by atoms with Gasteiger partial charge in [0.15, 0.2) is 11.6 Å². The van der Waals surface area contributed by atoms with Crippen molar-refractivity contribution >= 4 is 11.6 Å². The van der Waals surface area contributed by atoms with E-state index in [9.17, 15) is 24.9 Å². The first kappa shape index (κ1) is 22.0. The minimum Gasteiger partial charge on any atom is -0.393 e. The molecule has 0 aliphatic heterocycles. The number of allylic oxidation sites excluding steroid dienone is 1. The molecule has 0 spiro atoms. The second-order valence-electron chi connectivity index (χ2n) is 11.0. The zero-order valence-electron chi connectivity index (χ0n) is 18.9. The predicted molar refractivity (Wildman–Crippen MR) is 119 cm³/mol. The van der Waals surface area contributed by atoms with Crippen LogP contribution in [-0.2, 0) is 9.59 Å². The van der Waals surface area contributed by atoms with Crippen molar-refractivity contribution in [2.75, 3.05) is 6.61 Å². The summed E-state index contributed by atoms with van der Waals surface area (Å²) in [4.78, 5) is 25.3. The number of rotatable bonds is 3. The summed E-state index contributed by atoms with van der Waals surface area (Å²) in [5.41, 5.74) is -0.598. The normalized spacial score (nSPS) is 45.5. The van der Waals surface area contributed by atoms with Gasteiger partial charge in [0.2, 0.25) is 0 Å². The van der Waals surface area contributed by atoms with Crippen molar-refractivity contribution in [3.63, 3.8) is 0 Å². The second kappa shape index (κ2) is 7.34. The van der Waals surface area contributed by atoms with E-state index in [2.05, 4.69) is 13.0 Å². The summed E-state index contributed by atoms with van der Waals surface area (Å²) in [6.07, 6.45) is 4.51. The molecule has 171 valence electrons. The monoisotopic (exact) mass is 437 g/mol. The zero-order valence-corrected chi connectivity index (χ0v) is 18.9. The van der Waals surface area contributed by atoms with E-state index in [0.29, 0.717) is 25.7 Å². The third kappa shape index (κ3) is 2.74. The number of hydrogen-bond donors (Lipinski definition) is 3. The van der Waals surface area contributed by atoms with Gasteiger partial charge in [-0.2, -0.15) is 0 Å². The number of benzene rings is 1. The second-order valence-corrected chi connectivity index (χ2v) is 11.0. The number of Topliss-reactive ketones (excluding diaryl/α,β-unsaturated/α-hetero) is 1. The Morgan fingerprint density at radius 2 is 2.03 bits per heavy atom. The van der Waals surface area contributed by atoms with Crippen molar-refractivity contribution in [2.24, 2.45) is 28.6 Å². The lowest BCUT2D eigenvalue weighted by Gasteiger charge is -2.62. The average molecular weight is 438 g/mol. The van der Waals surface area contributed by atoms with Gasteiger partial charge in [0, 0.05) is 23.2 Å². The molecule has 0 aromatic heterocycles. The van der Waals surface area contributed by atoms with E-state index in [4.69, 9.17) is 0 Å². The number of carbonyl (C=O) groups is 2. The van der Waals surface area contributed by atoms with Gasteiger partial charge < -0.3 is 15.3 Å². The molecule has 8 atom stereocenters. The zero-order chi connectivity index (χ0) is 22.9. The van der Waals surface area contributed by atoms with E-state index >= 15 is 0 Å². The molecule has 0 heterocycles. The van der Waals surface area contributed by atoms with Gasteiger partial charge in [-0.3, -0.25) is 9.59 Å². The maximum atomic E-state index is 12.7. The SMILES string of the molecule is C[C@]12C[C@H](O)[C@H]3[C@@H](CCC4=CC(=O)CC(c5[c]cccc5)[C@@]43C)[C@@H]1CC[C@]2(O)C(=O)CO. The lowest BCUT2D eigenvalue weighted by Crippen LogP contribution is -2.62. The Labute approximate surface area is 189 Å². The van der Waals surface area contributed by atoms with Crippen molar-refractivity contribution in [1.82, 2.24) is 0 Å². The molecule has 0 bridgehead atoms. The summed E-state index contributed by atoms with van der Waals surface area (Å²) in [5, 5.41) is 32.6. The molecule has 5 heteroatoms. The van der Waals surface area contributed by atoms with Gasteiger partial charge in [-0.25, -0.2) is 0 Å². The van der Waals surface area contributed by atoms with Crippen molar-refractivity contribution < 1.29 is 24.9 Å². The van der Waals surface area contributed by atoms with Crippen LogP contribution in [-0.4, -0.2) is 45.2 Å². The number of hydrogen-bond acceptors (Lipinski definition) is 5. The van der Waals surface area contributed by atoms with Crippen molar-refractivity contribution in [2.45, 2.75) is 70.0 Å². The van der Waals surface area contributed by atoms with Crippen LogP contribution in [0.4, 0.5) is 0 Å². The molecular formula is C27H33O5. The first-order chi connectivity index (χ1) is 15.2. The highest BCUT2D eigenvalue weighted by Gasteiger charge is 2.69. The van der Waals surface area contributed by atoms with E-state index in [1.54, 1.807) is 0 Å². The smallest absolute Gasteiger partial charge is 0.190 e. The number of carbonyl (C=O) groups excluding carboxylic acids is 2. The summed E-state index contributed by atoms with van der Waals surface area (Å²) in [7, 11) is 0. The fourth-order valence-corrected chi connectivity index (χ4v) is 8.41. The van der Waals surface area contributed by atoms with Gasteiger partial charge in [-0.15, -0.1) is 0 Å². The summed E-state index contributed by atoms with van der Waals surface area (Å²) in [5.74, 6) is -0.271. The van der Waals surface area contributed by atoms with Gasteiger partial charge in [-0.1, -0.05) is 43.7 Å². The molecule has 32 heavy (non-hydrogen) atoms. The molecule has 3 N–H and O–H groups in total. The van der Waals surface area contributed by atoms with E-state index in [-0.39, 0.29) is 34.9 Å². The van der Waals surface area contributed by atoms with Gasteiger partial charge in [0.05, 0.1) is 6.10 Å². The van der Waals surface area contributed by atoms with Crippen LogP contribution in [0.1, 0.15) is 63.9 Å². The topological polar surface area (TPSA) is 94.8 Å². The first-order valence-electron chi connectivity index (χ1n) is 11.9. The third-order valence-electron chi connectivity index (χ3n) is 9.92. The Morgan fingerprint density at radius 1 is 1.25 bits per heavy atom. The maximum Gasteiger partial charge on any atom is 0.190 e. The number of aliphatic hydroxyl groups is 3. The summed E-state index contributed by atoms with van der Waals surface area (Å²) < 4.78 is 0. The highest BCUT2D eigenvalue weighted by Crippen LogP contribution is 2.69. The Balaban J connectivity index is 1.60.